The van der Waals surface area contributed by atoms with Gasteiger partial charge in [-0.2, -0.15) is 0 Å². The molecule has 0 aliphatic rings. The summed E-state index contributed by atoms with van der Waals surface area (Å²) in [6.07, 6.45) is 8.07. The summed E-state index contributed by atoms with van der Waals surface area (Å²) in [6, 6.07) is 0. The fourth-order valence-electron chi connectivity index (χ4n) is 1.49. The first-order chi connectivity index (χ1) is 8.43. The number of nitrogens with one attached hydrogen (secondary N) is 2. The van der Waals surface area contributed by atoms with Crippen LogP contribution in [0.4, 0.5) is 5.82 Å². The van der Waals surface area contributed by atoms with Gasteiger partial charge >= 0.3 is 0 Å². The Morgan fingerprint density at radius 3 is 3.00 bits per heavy atom. The minimum absolute atomic E-state index is 0.548. The lowest BCUT2D eigenvalue weighted by atomic mass is 10.4. The van der Waals surface area contributed by atoms with E-state index in [0.29, 0.717) is 18.0 Å². The highest BCUT2D eigenvalue weighted by Crippen LogP contribution is 2.14. The molecule has 3 aromatic rings. The number of rotatable bonds is 3. The predicted octanol–water partition coefficient (Wildman–Crippen LogP) is 0.755. The Morgan fingerprint density at radius 2 is 2.12 bits per heavy atom. The summed E-state index contributed by atoms with van der Waals surface area (Å²) in [5.41, 5.74) is 2.27. The van der Waals surface area contributed by atoms with Crippen LogP contribution in [0, 0.1) is 0 Å². The first kappa shape index (κ1) is 9.64. The summed E-state index contributed by atoms with van der Waals surface area (Å²) in [4.78, 5) is 23.4. The van der Waals surface area contributed by atoms with Crippen LogP contribution in [-0.4, -0.2) is 29.9 Å². The van der Waals surface area contributed by atoms with Crippen LogP contribution in [0.5, 0.6) is 0 Å². The number of aromatic nitrogens is 6. The third-order valence-corrected chi connectivity index (χ3v) is 2.27. The molecule has 0 aliphatic heterocycles. The minimum atomic E-state index is 0.548. The zero-order valence-electron chi connectivity index (χ0n) is 8.83. The fraction of sp³-hybridized carbons (Fsp3) is 0.100. The normalized spacial score (nSPS) is 10.6. The van der Waals surface area contributed by atoms with Gasteiger partial charge in [0.15, 0.2) is 11.5 Å². The highest BCUT2D eigenvalue weighted by atomic mass is 15.1. The van der Waals surface area contributed by atoms with E-state index in [2.05, 4.69) is 35.2 Å². The van der Waals surface area contributed by atoms with Gasteiger partial charge in [-0.1, -0.05) is 0 Å². The Balaban J connectivity index is 1.84. The van der Waals surface area contributed by atoms with Crippen molar-refractivity contribution in [3.05, 3.63) is 36.9 Å². The standard InChI is InChI=1S/C10H9N7/c1-2-12-7(3-11-1)4-13-9-8-10(15-5-14-8)17-6-16-9/h1-3,5-6H,4H2,(H2,13,14,15,16,17). The van der Waals surface area contributed by atoms with Gasteiger partial charge < -0.3 is 10.3 Å². The molecule has 0 aromatic carbocycles. The van der Waals surface area contributed by atoms with Gasteiger partial charge in [0.2, 0.25) is 0 Å². The van der Waals surface area contributed by atoms with Gasteiger partial charge in [0.05, 0.1) is 24.8 Å². The van der Waals surface area contributed by atoms with E-state index in [1.165, 1.54) is 6.33 Å². The van der Waals surface area contributed by atoms with E-state index in [1.807, 2.05) is 0 Å². The second-order valence-electron chi connectivity index (χ2n) is 3.37. The van der Waals surface area contributed by atoms with E-state index in [4.69, 9.17) is 0 Å². The Bertz CT molecular complexity index is 619. The van der Waals surface area contributed by atoms with E-state index in [9.17, 15) is 0 Å². The fourth-order valence-corrected chi connectivity index (χ4v) is 1.49. The monoisotopic (exact) mass is 227 g/mol. The molecule has 0 spiro atoms. The number of fused-ring (bicyclic) bond motifs is 1. The van der Waals surface area contributed by atoms with Crippen molar-refractivity contribution in [1.29, 1.82) is 0 Å². The van der Waals surface area contributed by atoms with Gasteiger partial charge in [-0.05, 0) is 0 Å². The molecule has 0 amide bonds. The van der Waals surface area contributed by atoms with Crippen molar-refractivity contribution in [1.82, 2.24) is 29.9 Å². The van der Waals surface area contributed by atoms with Crippen LogP contribution in [0.3, 0.4) is 0 Å². The number of anilines is 1. The quantitative estimate of drug-likeness (QED) is 0.686. The van der Waals surface area contributed by atoms with Gasteiger partial charge in [0.1, 0.15) is 11.8 Å². The van der Waals surface area contributed by atoms with Crippen molar-refractivity contribution >= 4 is 17.0 Å². The molecule has 84 valence electrons. The van der Waals surface area contributed by atoms with Crippen LogP contribution < -0.4 is 5.32 Å². The van der Waals surface area contributed by atoms with Crippen molar-refractivity contribution in [2.75, 3.05) is 5.32 Å². The van der Waals surface area contributed by atoms with Gasteiger partial charge in [-0.15, -0.1) is 0 Å². The SMILES string of the molecule is c1cnc(CNc2ncnc3[nH]cnc23)cn1. The molecule has 3 rings (SSSR count). The molecule has 0 unspecified atom stereocenters. The summed E-state index contributed by atoms with van der Waals surface area (Å²) in [5.74, 6) is 0.682. The lowest BCUT2D eigenvalue weighted by Crippen LogP contribution is -2.04. The average molecular weight is 227 g/mol. The Labute approximate surface area is 96.4 Å². The summed E-state index contributed by atoms with van der Waals surface area (Å²) in [6.45, 7) is 0.548. The molecule has 3 heterocycles. The number of nitrogens with zero attached hydrogens (tertiary/aromatic N) is 5. The smallest absolute Gasteiger partial charge is 0.162 e. The molecule has 7 heteroatoms. The molecule has 3 aromatic heterocycles. The highest BCUT2D eigenvalue weighted by molar-refractivity contribution is 5.81. The van der Waals surface area contributed by atoms with Crippen molar-refractivity contribution in [3.63, 3.8) is 0 Å². The predicted molar refractivity (Wildman–Crippen MR) is 61.0 cm³/mol. The van der Waals surface area contributed by atoms with Crippen LogP contribution >= 0.6 is 0 Å². The summed E-state index contributed by atoms with van der Waals surface area (Å²) < 4.78 is 0. The molecule has 0 fully saturated rings. The van der Waals surface area contributed by atoms with Crippen LogP contribution in [0.15, 0.2) is 31.2 Å². The maximum atomic E-state index is 4.16. The second kappa shape index (κ2) is 4.12. The van der Waals surface area contributed by atoms with Crippen molar-refractivity contribution in [3.8, 4) is 0 Å². The summed E-state index contributed by atoms with van der Waals surface area (Å²) in [5, 5.41) is 3.15. The van der Waals surface area contributed by atoms with Crippen LogP contribution in [-0.2, 0) is 6.54 Å². The van der Waals surface area contributed by atoms with Crippen molar-refractivity contribution in [2.45, 2.75) is 6.54 Å². The molecule has 0 radical (unpaired) electrons. The highest BCUT2D eigenvalue weighted by Gasteiger charge is 2.05. The molecule has 2 N–H and O–H groups in total. The Kier molecular flexibility index (Phi) is 2.34. The van der Waals surface area contributed by atoms with Gasteiger partial charge in [0.25, 0.3) is 0 Å². The summed E-state index contributed by atoms with van der Waals surface area (Å²) >= 11 is 0. The third-order valence-electron chi connectivity index (χ3n) is 2.27. The van der Waals surface area contributed by atoms with E-state index < -0.39 is 0 Å². The number of H-pyrrole nitrogens is 1. The van der Waals surface area contributed by atoms with E-state index in [0.717, 1.165) is 11.2 Å². The third kappa shape index (κ3) is 1.89. The maximum Gasteiger partial charge on any atom is 0.162 e. The van der Waals surface area contributed by atoms with E-state index >= 15 is 0 Å². The van der Waals surface area contributed by atoms with E-state index in [1.54, 1.807) is 24.9 Å². The molecular formula is C10H9N7. The van der Waals surface area contributed by atoms with Gasteiger partial charge in [-0.25, -0.2) is 15.0 Å². The minimum Gasteiger partial charge on any atom is -0.362 e. The topological polar surface area (TPSA) is 92.3 Å². The van der Waals surface area contributed by atoms with Crippen molar-refractivity contribution < 1.29 is 0 Å². The van der Waals surface area contributed by atoms with Gasteiger partial charge in [0, 0.05) is 12.4 Å². The zero-order valence-corrected chi connectivity index (χ0v) is 8.83. The molecule has 0 atom stereocenters. The second-order valence-corrected chi connectivity index (χ2v) is 3.37. The van der Waals surface area contributed by atoms with Crippen LogP contribution in [0.25, 0.3) is 11.2 Å². The van der Waals surface area contributed by atoms with E-state index in [-0.39, 0.29) is 0 Å². The molecular weight excluding hydrogens is 218 g/mol. The number of hydrogen-bond acceptors (Lipinski definition) is 6. The molecule has 0 bridgehead atoms. The molecule has 7 nitrogen and oxygen atoms in total. The Hall–Kier alpha value is -2.57. The molecule has 0 saturated carbocycles. The average Bonchev–Trinajstić information content (AvgIpc) is 2.86. The number of hydrogen-bond donors (Lipinski definition) is 2. The zero-order chi connectivity index (χ0) is 11.5. The van der Waals surface area contributed by atoms with Crippen LogP contribution in [0.2, 0.25) is 0 Å². The van der Waals surface area contributed by atoms with Crippen LogP contribution in [0.1, 0.15) is 5.69 Å². The number of imidazole rings is 1. The largest absolute Gasteiger partial charge is 0.362 e. The maximum absolute atomic E-state index is 4.16. The molecule has 0 aliphatic carbocycles. The Morgan fingerprint density at radius 1 is 1.12 bits per heavy atom. The summed E-state index contributed by atoms with van der Waals surface area (Å²) in [7, 11) is 0. The van der Waals surface area contributed by atoms with Crippen molar-refractivity contribution in [2.24, 2.45) is 0 Å². The lowest BCUT2D eigenvalue weighted by molar-refractivity contribution is 0.996. The number of aromatic amines is 1. The van der Waals surface area contributed by atoms with Gasteiger partial charge in [-0.3, -0.25) is 9.97 Å². The first-order valence-electron chi connectivity index (χ1n) is 5.06. The first-order valence-corrected chi connectivity index (χ1v) is 5.06. The molecule has 0 saturated heterocycles. The lowest BCUT2D eigenvalue weighted by Gasteiger charge is -2.04. The molecule has 17 heavy (non-hydrogen) atoms.